The van der Waals surface area contributed by atoms with Gasteiger partial charge in [-0.05, 0) is 37.5 Å². The van der Waals surface area contributed by atoms with Crippen molar-refractivity contribution >= 4 is 21.4 Å². The minimum atomic E-state index is -3.75. The summed E-state index contributed by atoms with van der Waals surface area (Å²) in [5.41, 5.74) is 7.87. The molecule has 0 amide bonds. The Hall–Kier alpha value is -1.31. The van der Waals surface area contributed by atoms with Crippen molar-refractivity contribution in [2.45, 2.75) is 30.7 Å². The molecule has 1 saturated heterocycles. The van der Waals surface area contributed by atoms with E-state index in [2.05, 4.69) is 9.80 Å². The number of rotatable bonds is 3. The maximum absolute atomic E-state index is 11.7. The second-order valence-electron chi connectivity index (χ2n) is 5.96. The molecule has 2 fully saturated rings. The molecule has 0 spiro atoms. The van der Waals surface area contributed by atoms with E-state index in [0.717, 1.165) is 37.9 Å². The Bertz CT molecular complexity index is 647. The number of nitrogens with two attached hydrogens (primary N) is 2. The van der Waals surface area contributed by atoms with Crippen LogP contribution < -0.4 is 15.8 Å². The molecular formula is C14H22N4O2S. The lowest BCUT2D eigenvalue weighted by Crippen LogP contribution is -2.47. The van der Waals surface area contributed by atoms with Gasteiger partial charge in [0, 0.05) is 43.6 Å². The topological polar surface area (TPSA) is 92.7 Å². The summed E-state index contributed by atoms with van der Waals surface area (Å²) in [5.74, 6) is 0. The van der Waals surface area contributed by atoms with Crippen molar-refractivity contribution in [3.8, 4) is 0 Å². The van der Waals surface area contributed by atoms with Crippen molar-refractivity contribution in [1.29, 1.82) is 0 Å². The highest BCUT2D eigenvalue weighted by atomic mass is 32.2. The van der Waals surface area contributed by atoms with Crippen molar-refractivity contribution in [3.05, 3.63) is 17.7 Å². The molecule has 0 atom stereocenters. The number of anilines is 2. The molecule has 1 heterocycles. The number of hydrogen-bond donors (Lipinski definition) is 2. The Morgan fingerprint density at radius 1 is 1.14 bits per heavy atom. The predicted molar refractivity (Wildman–Crippen MR) is 83.8 cm³/mol. The second kappa shape index (κ2) is 5.15. The molecular weight excluding hydrogens is 288 g/mol. The van der Waals surface area contributed by atoms with Crippen LogP contribution in [0.2, 0.25) is 0 Å². The first-order valence-corrected chi connectivity index (χ1v) is 8.83. The van der Waals surface area contributed by atoms with Gasteiger partial charge >= 0.3 is 0 Å². The van der Waals surface area contributed by atoms with Crippen LogP contribution in [0.4, 0.5) is 11.4 Å². The van der Waals surface area contributed by atoms with Gasteiger partial charge in [-0.25, -0.2) is 13.6 Å². The highest BCUT2D eigenvalue weighted by molar-refractivity contribution is 7.89. The Morgan fingerprint density at radius 3 is 2.29 bits per heavy atom. The van der Waals surface area contributed by atoms with E-state index in [1.165, 1.54) is 18.9 Å². The van der Waals surface area contributed by atoms with Crippen LogP contribution in [-0.4, -0.2) is 45.5 Å². The van der Waals surface area contributed by atoms with Gasteiger partial charge in [0.1, 0.15) is 0 Å². The van der Waals surface area contributed by atoms with E-state index in [9.17, 15) is 8.42 Å². The molecule has 116 valence electrons. The molecule has 0 radical (unpaired) electrons. The SMILES string of the molecule is Cc1c(N2CCN(C3CC3)CC2)cc(N)cc1S(N)(=O)=O. The summed E-state index contributed by atoms with van der Waals surface area (Å²) in [4.78, 5) is 4.85. The van der Waals surface area contributed by atoms with E-state index in [0.29, 0.717) is 11.3 Å². The van der Waals surface area contributed by atoms with Crippen molar-refractivity contribution < 1.29 is 8.42 Å². The average Bonchev–Trinajstić information content (AvgIpc) is 3.24. The van der Waals surface area contributed by atoms with Gasteiger partial charge in [0.25, 0.3) is 0 Å². The molecule has 1 aliphatic heterocycles. The lowest BCUT2D eigenvalue weighted by atomic mass is 10.1. The molecule has 0 aromatic heterocycles. The second-order valence-corrected chi connectivity index (χ2v) is 7.49. The first-order chi connectivity index (χ1) is 9.86. The first kappa shape index (κ1) is 14.6. The summed E-state index contributed by atoms with van der Waals surface area (Å²) < 4.78 is 23.4. The minimum Gasteiger partial charge on any atom is -0.399 e. The molecule has 1 aromatic carbocycles. The maximum atomic E-state index is 11.7. The summed E-state index contributed by atoms with van der Waals surface area (Å²) >= 11 is 0. The molecule has 7 heteroatoms. The molecule has 21 heavy (non-hydrogen) atoms. The zero-order valence-electron chi connectivity index (χ0n) is 12.2. The van der Waals surface area contributed by atoms with Crippen LogP contribution in [0, 0.1) is 6.92 Å². The van der Waals surface area contributed by atoms with Gasteiger partial charge in [-0.15, -0.1) is 0 Å². The standard InChI is InChI=1S/C14H22N4O2S/c1-10-13(8-11(15)9-14(10)21(16,19)20)18-6-4-17(5-7-18)12-2-3-12/h8-9,12H,2-7,15H2,1H3,(H2,16,19,20). The van der Waals surface area contributed by atoms with Gasteiger partial charge in [0.15, 0.2) is 0 Å². The molecule has 3 rings (SSSR count). The largest absolute Gasteiger partial charge is 0.399 e. The third-order valence-corrected chi connectivity index (χ3v) is 5.42. The van der Waals surface area contributed by atoms with Crippen LogP contribution in [0.1, 0.15) is 18.4 Å². The molecule has 1 saturated carbocycles. The van der Waals surface area contributed by atoms with Crippen LogP contribution in [0.5, 0.6) is 0 Å². The fourth-order valence-corrected chi connectivity index (χ4v) is 3.92. The van der Waals surface area contributed by atoms with Crippen LogP contribution in [0.3, 0.4) is 0 Å². The highest BCUT2D eigenvalue weighted by Crippen LogP contribution is 2.32. The first-order valence-electron chi connectivity index (χ1n) is 7.28. The van der Waals surface area contributed by atoms with Crippen LogP contribution in [0.25, 0.3) is 0 Å². The van der Waals surface area contributed by atoms with Crippen LogP contribution in [-0.2, 0) is 10.0 Å². The van der Waals surface area contributed by atoms with Gasteiger partial charge in [-0.3, -0.25) is 4.90 Å². The smallest absolute Gasteiger partial charge is 0.238 e. The Labute approximate surface area is 125 Å². The van der Waals surface area contributed by atoms with Crippen LogP contribution in [0.15, 0.2) is 17.0 Å². The Morgan fingerprint density at radius 2 is 1.76 bits per heavy atom. The number of sulfonamides is 1. The van der Waals surface area contributed by atoms with Crippen molar-refractivity contribution in [2.75, 3.05) is 36.8 Å². The monoisotopic (exact) mass is 310 g/mol. The van der Waals surface area contributed by atoms with E-state index in [1.54, 1.807) is 6.92 Å². The van der Waals surface area contributed by atoms with Crippen molar-refractivity contribution in [2.24, 2.45) is 5.14 Å². The zero-order valence-corrected chi connectivity index (χ0v) is 13.1. The van der Waals surface area contributed by atoms with Gasteiger partial charge in [0.05, 0.1) is 4.90 Å². The zero-order chi connectivity index (χ0) is 15.2. The Balaban J connectivity index is 1.87. The van der Waals surface area contributed by atoms with E-state index in [4.69, 9.17) is 10.9 Å². The number of benzene rings is 1. The van der Waals surface area contributed by atoms with Gasteiger partial charge in [-0.1, -0.05) is 0 Å². The summed E-state index contributed by atoms with van der Waals surface area (Å²) in [6.45, 7) is 5.62. The fourth-order valence-electron chi connectivity index (χ4n) is 3.09. The summed E-state index contributed by atoms with van der Waals surface area (Å²) in [7, 11) is -3.75. The molecule has 4 N–H and O–H groups in total. The Kier molecular flexibility index (Phi) is 3.59. The lowest BCUT2D eigenvalue weighted by molar-refractivity contribution is 0.248. The summed E-state index contributed by atoms with van der Waals surface area (Å²) in [6.07, 6.45) is 2.62. The molecule has 1 aliphatic carbocycles. The van der Waals surface area contributed by atoms with Crippen molar-refractivity contribution in [3.63, 3.8) is 0 Å². The number of piperazine rings is 1. The number of nitrogen functional groups attached to an aromatic ring is 1. The molecule has 0 bridgehead atoms. The summed E-state index contributed by atoms with van der Waals surface area (Å²) in [5, 5.41) is 5.28. The molecule has 1 aromatic rings. The lowest BCUT2D eigenvalue weighted by Gasteiger charge is -2.37. The quantitative estimate of drug-likeness (QED) is 0.794. The fraction of sp³-hybridized carbons (Fsp3) is 0.571. The van der Waals surface area contributed by atoms with E-state index in [1.807, 2.05) is 6.07 Å². The summed E-state index contributed by atoms with van der Waals surface area (Å²) in [6, 6.07) is 4.06. The third-order valence-electron chi connectivity index (χ3n) is 4.38. The maximum Gasteiger partial charge on any atom is 0.238 e. The normalized spacial score (nSPS) is 20.8. The van der Waals surface area contributed by atoms with Crippen LogP contribution >= 0.6 is 0 Å². The minimum absolute atomic E-state index is 0.127. The highest BCUT2D eigenvalue weighted by Gasteiger charge is 2.31. The average molecular weight is 310 g/mol. The van der Waals surface area contributed by atoms with E-state index >= 15 is 0 Å². The predicted octanol–water partition coefficient (Wildman–Crippen LogP) is 0.509. The van der Waals surface area contributed by atoms with Gasteiger partial charge in [0.2, 0.25) is 10.0 Å². The number of nitrogens with zero attached hydrogens (tertiary/aromatic N) is 2. The van der Waals surface area contributed by atoms with Crippen molar-refractivity contribution in [1.82, 2.24) is 4.90 Å². The van der Waals surface area contributed by atoms with Gasteiger partial charge in [-0.2, -0.15) is 0 Å². The van der Waals surface area contributed by atoms with E-state index in [-0.39, 0.29) is 4.90 Å². The molecule has 6 nitrogen and oxygen atoms in total. The van der Waals surface area contributed by atoms with Gasteiger partial charge < -0.3 is 10.6 Å². The molecule has 2 aliphatic rings. The number of primary sulfonamides is 1. The van der Waals surface area contributed by atoms with E-state index < -0.39 is 10.0 Å². The molecule has 0 unspecified atom stereocenters. The third kappa shape index (κ3) is 3.00. The number of hydrogen-bond acceptors (Lipinski definition) is 5.